The SMILES string of the molecule is Cc1ccc2c(c1)[C@@H]1CCC[C@H]3[C@@H]1N2CC(=O)N3Cc1ccccc1. The Hall–Kier alpha value is -2.29. The number of carbonyl (C=O) groups is 1. The number of amides is 1. The molecular weight excluding hydrogens is 308 g/mol. The number of nitrogens with zero attached hydrogens (tertiary/aromatic N) is 2. The molecule has 5 rings (SSSR count). The van der Waals surface area contributed by atoms with E-state index in [4.69, 9.17) is 0 Å². The summed E-state index contributed by atoms with van der Waals surface area (Å²) in [4.78, 5) is 17.6. The van der Waals surface area contributed by atoms with Crippen LogP contribution in [0, 0.1) is 6.92 Å². The van der Waals surface area contributed by atoms with Gasteiger partial charge in [0.15, 0.2) is 0 Å². The lowest BCUT2D eigenvalue weighted by molar-refractivity contribution is -0.136. The maximum Gasteiger partial charge on any atom is 0.242 e. The minimum atomic E-state index is 0.277. The van der Waals surface area contributed by atoms with E-state index in [2.05, 4.69) is 59.2 Å². The van der Waals surface area contributed by atoms with E-state index in [1.54, 1.807) is 0 Å². The van der Waals surface area contributed by atoms with Gasteiger partial charge in [-0.15, -0.1) is 0 Å². The number of benzene rings is 2. The molecule has 0 N–H and O–H groups in total. The van der Waals surface area contributed by atoms with Crippen molar-refractivity contribution in [1.29, 1.82) is 0 Å². The smallest absolute Gasteiger partial charge is 0.242 e. The van der Waals surface area contributed by atoms with E-state index >= 15 is 0 Å². The Bertz CT molecular complexity index is 816. The average Bonchev–Trinajstić information content (AvgIpc) is 2.94. The van der Waals surface area contributed by atoms with Gasteiger partial charge in [-0.25, -0.2) is 0 Å². The number of fused-ring (bicyclic) bond motifs is 3. The summed E-state index contributed by atoms with van der Waals surface area (Å²) in [5.41, 5.74) is 5.34. The van der Waals surface area contributed by atoms with E-state index in [1.807, 2.05) is 6.07 Å². The monoisotopic (exact) mass is 332 g/mol. The molecule has 25 heavy (non-hydrogen) atoms. The van der Waals surface area contributed by atoms with Gasteiger partial charge in [-0.05, 0) is 37.0 Å². The molecule has 3 heteroatoms. The number of carbonyl (C=O) groups excluding carboxylic acids is 1. The van der Waals surface area contributed by atoms with Gasteiger partial charge in [0.25, 0.3) is 0 Å². The lowest BCUT2D eigenvalue weighted by Crippen LogP contribution is -2.62. The van der Waals surface area contributed by atoms with Crippen LogP contribution < -0.4 is 4.90 Å². The zero-order valence-electron chi connectivity index (χ0n) is 14.7. The van der Waals surface area contributed by atoms with E-state index in [0.29, 0.717) is 24.5 Å². The zero-order valence-corrected chi connectivity index (χ0v) is 14.7. The highest BCUT2D eigenvalue weighted by atomic mass is 16.2. The molecule has 1 saturated heterocycles. The average molecular weight is 332 g/mol. The number of rotatable bonds is 2. The first-order chi connectivity index (χ1) is 12.2. The largest absolute Gasteiger partial charge is 0.356 e. The number of anilines is 1. The predicted octanol–water partition coefficient (Wildman–Crippen LogP) is 3.86. The van der Waals surface area contributed by atoms with Crippen molar-refractivity contribution in [3.8, 4) is 0 Å². The first-order valence-corrected chi connectivity index (χ1v) is 9.43. The zero-order chi connectivity index (χ0) is 17.0. The van der Waals surface area contributed by atoms with Gasteiger partial charge in [-0.2, -0.15) is 0 Å². The van der Waals surface area contributed by atoms with Crippen molar-refractivity contribution in [2.45, 2.75) is 50.7 Å². The minimum Gasteiger partial charge on any atom is -0.356 e. The van der Waals surface area contributed by atoms with Gasteiger partial charge in [-0.1, -0.05) is 54.4 Å². The van der Waals surface area contributed by atoms with Crippen molar-refractivity contribution in [1.82, 2.24) is 4.90 Å². The normalized spacial score (nSPS) is 27.2. The molecule has 2 aromatic carbocycles. The van der Waals surface area contributed by atoms with E-state index < -0.39 is 0 Å². The fraction of sp³-hybridized carbons (Fsp3) is 0.409. The van der Waals surface area contributed by atoms with Gasteiger partial charge in [-0.3, -0.25) is 4.79 Å². The Kier molecular flexibility index (Phi) is 3.37. The van der Waals surface area contributed by atoms with Crippen LogP contribution in [0.15, 0.2) is 48.5 Å². The van der Waals surface area contributed by atoms with Gasteiger partial charge >= 0.3 is 0 Å². The molecule has 1 saturated carbocycles. The van der Waals surface area contributed by atoms with Crippen LogP contribution >= 0.6 is 0 Å². The Balaban J connectivity index is 1.52. The molecule has 3 nitrogen and oxygen atoms in total. The molecule has 1 amide bonds. The van der Waals surface area contributed by atoms with Crippen molar-refractivity contribution >= 4 is 11.6 Å². The second-order valence-corrected chi connectivity index (χ2v) is 7.79. The summed E-state index contributed by atoms with van der Waals surface area (Å²) < 4.78 is 0. The third kappa shape index (κ3) is 2.29. The molecule has 0 bridgehead atoms. The summed E-state index contributed by atoms with van der Waals surface area (Å²) in [6.07, 6.45) is 3.59. The molecule has 0 radical (unpaired) electrons. The molecule has 2 aliphatic heterocycles. The van der Waals surface area contributed by atoms with E-state index in [-0.39, 0.29) is 5.91 Å². The van der Waals surface area contributed by atoms with Crippen LogP contribution in [0.4, 0.5) is 5.69 Å². The summed E-state index contributed by atoms with van der Waals surface area (Å²) >= 11 is 0. The van der Waals surface area contributed by atoms with Crippen LogP contribution in [-0.2, 0) is 11.3 Å². The van der Waals surface area contributed by atoms with Crippen molar-refractivity contribution in [3.05, 3.63) is 65.2 Å². The quantitative estimate of drug-likeness (QED) is 0.834. The van der Waals surface area contributed by atoms with E-state index in [1.165, 1.54) is 35.2 Å². The predicted molar refractivity (Wildman–Crippen MR) is 99.7 cm³/mol. The summed E-state index contributed by atoms with van der Waals surface area (Å²) in [6, 6.07) is 18.0. The van der Waals surface area contributed by atoms with Crippen LogP contribution in [0.5, 0.6) is 0 Å². The van der Waals surface area contributed by atoms with Crippen molar-refractivity contribution in [3.63, 3.8) is 0 Å². The van der Waals surface area contributed by atoms with Crippen molar-refractivity contribution in [2.24, 2.45) is 0 Å². The van der Waals surface area contributed by atoms with E-state index in [9.17, 15) is 4.79 Å². The molecule has 2 heterocycles. The van der Waals surface area contributed by atoms with Crippen LogP contribution in [-0.4, -0.2) is 29.4 Å². The highest BCUT2D eigenvalue weighted by Gasteiger charge is 2.51. The van der Waals surface area contributed by atoms with Gasteiger partial charge in [0.05, 0.1) is 18.6 Å². The molecule has 0 aromatic heterocycles. The molecule has 3 atom stereocenters. The van der Waals surface area contributed by atoms with Crippen LogP contribution in [0.25, 0.3) is 0 Å². The summed E-state index contributed by atoms with van der Waals surface area (Å²) in [7, 11) is 0. The van der Waals surface area contributed by atoms with Gasteiger partial charge in [0.1, 0.15) is 0 Å². The minimum absolute atomic E-state index is 0.277. The standard InChI is InChI=1S/C22H24N2O/c1-15-10-11-19-18(12-15)17-8-5-9-20-22(17)24(19)14-21(25)23(20)13-16-6-3-2-4-7-16/h2-4,6-7,10-12,17,20,22H,5,8-9,13-14H2,1H3/t17-,20-,22+/m0/s1. The second-order valence-electron chi connectivity index (χ2n) is 7.79. The van der Waals surface area contributed by atoms with Gasteiger partial charge in [0.2, 0.25) is 5.91 Å². The summed E-state index contributed by atoms with van der Waals surface area (Å²) in [5.74, 6) is 0.860. The summed E-state index contributed by atoms with van der Waals surface area (Å²) in [5, 5.41) is 0. The lowest BCUT2D eigenvalue weighted by atomic mass is 9.77. The maximum absolute atomic E-state index is 13.0. The lowest BCUT2D eigenvalue weighted by Gasteiger charge is -2.49. The Morgan fingerprint density at radius 2 is 1.92 bits per heavy atom. The number of hydrogen-bond donors (Lipinski definition) is 0. The molecule has 1 aliphatic carbocycles. The third-order valence-electron chi connectivity index (χ3n) is 6.30. The summed E-state index contributed by atoms with van der Waals surface area (Å²) in [6.45, 7) is 3.45. The van der Waals surface area contributed by atoms with Crippen LogP contribution in [0.1, 0.15) is 41.9 Å². The number of aryl methyl sites for hydroxylation is 1. The molecule has 2 aromatic rings. The third-order valence-corrected chi connectivity index (χ3v) is 6.30. The van der Waals surface area contributed by atoms with Crippen LogP contribution in [0.3, 0.4) is 0 Å². The van der Waals surface area contributed by atoms with Gasteiger partial charge < -0.3 is 9.80 Å². The number of hydrogen-bond acceptors (Lipinski definition) is 2. The fourth-order valence-electron chi connectivity index (χ4n) is 5.25. The topological polar surface area (TPSA) is 23.6 Å². The highest BCUT2D eigenvalue weighted by Crippen LogP contribution is 2.50. The molecule has 128 valence electrons. The Morgan fingerprint density at radius 3 is 2.76 bits per heavy atom. The molecule has 3 aliphatic rings. The molecule has 0 spiro atoms. The highest BCUT2D eigenvalue weighted by molar-refractivity contribution is 5.86. The Morgan fingerprint density at radius 1 is 1.08 bits per heavy atom. The van der Waals surface area contributed by atoms with Crippen molar-refractivity contribution < 1.29 is 4.79 Å². The van der Waals surface area contributed by atoms with E-state index in [0.717, 1.165) is 13.0 Å². The molecular formula is C22H24N2O. The Labute approximate surface area is 149 Å². The van der Waals surface area contributed by atoms with Crippen molar-refractivity contribution in [2.75, 3.05) is 11.4 Å². The first kappa shape index (κ1) is 15.0. The van der Waals surface area contributed by atoms with Gasteiger partial charge in [0, 0.05) is 18.2 Å². The van der Waals surface area contributed by atoms with Crippen LogP contribution in [0.2, 0.25) is 0 Å². The molecule has 0 unspecified atom stereocenters. The number of piperazine rings is 1. The second kappa shape index (κ2) is 5.62. The first-order valence-electron chi connectivity index (χ1n) is 9.43. The molecule has 2 fully saturated rings. The fourth-order valence-corrected chi connectivity index (χ4v) is 5.25. The maximum atomic E-state index is 13.0.